The topological polar surface area (TPSA) is 75.1 Å². The van der Waals surface area contributed by atoms with Crippen molar-refractivity contribution >= 4 is 11.8 Å². The number of hydrogen-bond donors (Lipinski definition) is 2. The Morgan fingerprint density at radius 2 is 2.15 bits per heavy atom. The number of carboxylic acids is 1. The van der Waals surface area contributed by atoms with Crippen molar-refractivity contribution in [1.82, 2.24) is 9.97 Å². The normalized spacial score (nSPS) is 10.2. The number of nitrogens with one attached hydrogen (secondary N) is 1. The van der Waals surface area contributed by atoms with E-state index in [1.807, 2.05) is 12.1 Å². The van der Waals surface area contributed by atoms with Gasteiger partial charge in [0.1, 0.15) is 12.1 Å². The summed E-state index contributed by atoms with van der Waals surface area (Å²) < 4.78 is 0. The number of carbonyl (C=O) groups is 1. The average molecular weight is 271 g/mol. The molecule has 1 heterocycles. The molecular weight excluding hydrogens is 254 g/mol. The van der Waals surface area contributed by atoms with E-state index in [0.717, 1.165) is 29.9 Å². The zero-order valence-electron chi connectivity index (χ0n) is 11.3. The fourth-order valence-corrected chi connectivity index (χ4v) is 1.89. The molecule has 5 heteroatoms. The highest BCUT2D eigenvalue weighted by atomic mass is 16.4. The molecule has 5 nitrogen and oxygen atoms in total. The van der Waals surface area contributed by atoms with Gasteiger partial charge in [0, 0.05) is 18.3 Å². The monoisotopic (exact) mass is 271 g/mol. The molecule has 20 heavy (non-hydrogen) atoms. The van der Waals surface area contributed by atoms with Gasteiger partial charge in [-0.05, 0) is 24.1 Å². The zero-order chi connectivity index (χ0) is 14.4. The second kappa shape index (κ2) is 6.65. The Morgan fingerprint density at radius 3 is 2.90 bits per heavy atom. The summed E-state index contributed by atoms with van der Waals surface area (Å²) in [5.41, 5.74) is 2.20. The average Bonchev–Trinajstić information content (AvgIpc) is 2.46. The number of nitrogens with zero attached hydrogens (tertiary/aromatic N) is 2. The Balaban J connectivity index is 2.03. The summed E-state index contributed by atoms with van der Waals surface area (Å²) in [5, 5.41) is 12.1. The zero-order valence-corrected chi connectivity index (χ0v) is 11.3. The van der Waals surface area contributed by atoms with E-state index >= 15 is 0 Å². The molecule has 1 aromatic heterocycles. The van der Waals surface area contributed by atoms with Gasteiger partial charge >= 0.3 is 5.97 Å². The lowest BCUT2D eigenvalue weighted by molar-refractivity contribution is 0.0697. The summed E-state index contributed by atoms with van der Waals surface area (Å²) in [6.07, 6.45) is 3.50. The molecule has 0 atom stereocenters. The molecule has 0 unspecified atom stereocenters. The summed E-state index contributed by atoms with van der Waals surface area (Å²) in [6.45, 7) is 2.64. The number of benzene rings is 1. The fourth-order valence-electron chi connectivity index (χ4n) is 1.89. The molecule has 1 aromatic carbocycles. The molecule has 0 aliphatic rings. The van der Waals surface area contributed by atoms with Crippen molar-refractivity contribution in [3.05, 3.63) is 53.5 Å². The molecule has 2 rings (SSSR count). The lowest BCUT2D eigenvalue weighted by Crippen LogP contribution is -2.04. The number of anilines is 1. The highest BCUT2D eigenvalue weighted by molar-refractivity contribution is 5.87. The van der Waals surface area contributed by atoms with Crippen LogP contribution in [0.3, 0.4) is 0 Å². The van der Waals surface area contributed by atoms with Gasteiger partial charge in [-0.3, -0.25) is 0 Å². The molecule has 0 radical (unpaired) electrons. The largest absolute Gasteiger partial charge is 0.478 e. The molecule has 0 spiro atoms. The predicted octanol–water partition coefficient (Wildman–Crippen LogP) is 2.74. The molecule has 0 saturated heterocycles. The van der Waals surface area contributed by atoms with E-state index in [9.17, 15) is 4.79 Å². The Morgan fingerprint density at radius 1 is 1.30 bits per heavy atom. The van der Waals surface area contributed by atoms with Gasteiger partial charge in [0.05, 0.1) is 5.56 Å². The lowest BCUT2D eigenvalue weighted by atomic mass is 10.1. The minimum atomic E-state index is -0.917. The summed E-state index contributed by atoms with van der Waals surface area (Å²) in [6, 6.07) is 8.78. The van der Waals surface area contributed by atoms with E-state index in [2.05, 4.69) is 22.2 Å². The third-order valence-electron chi connectivity index (χ3n) is 2.88. The first-order valence-corrected chi connectivity index (χ1v) is 6.56. The van der Waals surface area contributed by atoms with Crippen molar-refractivity contribution in [2.45, 2.75) is 26.3 Å². The molecule has 0 aliphatic heterocycles. The van der Waals surface area contributed by atoms with Crippen LogP contribution in [0.1, 0.15) is 35.0 Å². The molecule has 0 amide bonds. The Bertz CT molecular complexity index is 599. The van der Waals surface area contributed by atoms with Crippen molar-refractivity contribution in [2.75, 3.05) is 5.32 Å². The van der Waals surface area contributed by atoms with E-state index in [1.54, 1.807) is 24.5 Å². The van der Waals surface area contributed by atoms with Crippen LogP contribution in [0.5, 0.6) is 0 Å². The van der Waals surface area contributed by atoms with Crippen molar-refractivity contribution in [1.29, 1.82) is 0 Å². The van der Waals surface area contributed by atoms with Crippen molar-refractivity contribution in [3.63, 3.8) is 0 Å². The van der Waals surface area contributed by atoms with E-state index < -0.39 is 5.97 Å². The molecular formula is C15H17N3O2. The first-order chi connectivity index (χ1) is 9.69. The molecule has 0 aliphatic carbocycles. The van der Waals surface area contributed by atoms with Crippen LogP contribution < -0.4 is 5.32 Å². The molecule has 2 aromatic rings. The van der Waals surface area contributed by atoms with Crippen LogP contribution >= 0.6 is 0 Å². The van der Waals surface area contributed by atoms with Crippen molar-refractivity contribution in [2.24, 2.45) is 0 Å². The first kappa shape index (κ1) is 14.0. The Kier molecular flexibility index (Phi) is 4.65. The number of aromatic nitrogens is 2. The van der Waals surface area contributed by atoms with Gasteiger partial charge < -0.3 is 10.4 Å². The lowest BCUT2D eigenvalue weighted by Gasteiger charge is -2.07. The van der Waals surface area contributed by atoms with Crippen LogP contribution in [0.2, 0.25) is 0 Å². The second-order valence-corrected chi connectivity index (χ2v) is 4.50. The number of rotatable bonds is 6. The van der Waals surface area contributed by atoms with Crippen LogP contribution in [0.25, 0.3) is 0 Å². The van der Waals surface area contributed by atoms with Gasteiger partial charge in [-0.2, -0.15) is 0 Å². The fraction of sp³-hybridized carbons (Fsp3) is 0.267. The van der Waals surface area contributed by atoms with Gasteiger partial charge in [-0.25, -0.2) is 14.8 Å². The van der Waals surface area contributed by atoms with Crippen LogP contribution in [0.15, 0.2) is 36.7 Å². The maximum atomic E-state index is 10.9. The summed E-state index contributed by atoms with van der Waals surface area (Å²) in [7, 11) is 0. The van der Waals surface area contributed by atoms with Crippen LogP contribution in [-0.2, 0) is 13.0 Å². The molecule has 2 N–H and O–H groups in total. The predicted molar refractivity (Wildman–Crippen MR) is 76.8 cm³/mol. The molecule has 0 saturated carbocycles. The minimum absolute atomic E-state index is 0.290. The Labute approximate surface area is 117 Å². The van der Waals surface area contributed by atoms with Crippen molar-refractivity contribution in [3.8, 4) is 0 Å². The third kappa shape index (κ3) is 3.78. The van der Waals surface area contributed by atoms with Crippen LogP contribution in [0, 0.1) is 0 Å². The smallest absolute Gasteiger partial charge is 0.335 e. The maximum absolute atomic E-state index is 10.9. The summed E-state index contributed by atoms with van der Waals surface area (Å²) in [4.78, 5) is 19.3. The number of aryl methyl sites for hydroxylation is 1. The standard InChI is InChI=1S/C15H17N3O2/c1-2-4-13-8-14(18-10-17-13)16-9-11-5-3-6-12(7-11)15(19)20/h3,5-8,10H,2,4,9H2,1H3,(H,19,20)(H,16,17,18). The van der Waals surface area contributed by atoms with Gasteiger partial charge in [-0.1, -0.05) is 25.5 Å². The number of carboxylic acid groups (broad SMARTS) is 1. The minimum Gasteiger partial charge on any atom is -0.478 e. The van der Waals surface area contributed by atoms with Crippen LogP contribution in [-0.4, -0.2) is 21.0 Å². The first-order valence-electron chi connectivity index (χ1n) is 6.56. The number of hydrogen-bond acceptors (Lipinski definition) is 4. The van der Waals surface area contributed by atoms with Gasteiger partial charge in [0.2, 0.25) is 0 Å². The van der Waals surface area contributed by atoms with E-state index in [1.165, 1.54) is 0 Å². The third-order valence-corrected chi connectivity index (χ3v) is 2.88. The molecule has 0 fully saturated rings. The summed E-state index contributed by atoms with van der Waals surface area (Å²) in [5.74, 6) is -0.164. The van der Waals surface area contributed by atoms with Gasteiger partial charge in [0.25, 0.3) is 0 Å². The Hall–Kier alpha value is -2.43. The quantitative estimate of drug-likeness (QED) is 0.845. The van der Waals surface area contributed by atoms with E-state index in [4.69, 9.17) is 5.11 Å². The maximum Gasteiger partial charge on any atom is 0.335 e. The molecule has 0 bridgehead atoms. The molecule has 104 valence electrons. The second-order valence-electron chi connectivity index (χ2n) is 4.50. The number of aromatic carboxylic acids is 1. The van der Waals surface area contributed by atoms with E-state index in [0.29, 0.717) is 12.1 Å². The van der Waals surface area contributed by atoms with Crippen molar-refractivity contribution < 1.29 is 9.90 Å². The summed E-state index contributed by atoms with van der Waals surface area (Å²) >= 11 is 0. The highest BCUT2D eigenvalue weighted by Gasteiger charge is 2.03. The van der Waals surface area contributed by atoms with Gasteiger partial charge in [-0.15, -0.1) is 0 Å². The van der Waals surface area contributed by atoms with E-state index in [-0.39, 0.29) is 0 Å². The van der Waals surface area contributed by atoms with Gasteiger partial charge in [0.15, 0.2) is 0 Å². The van der Waals surface area contributed by atoms with Crippen LogP contribution in [0.4, 0.5) is 5.82 Å². The SMILES string of the molecule is CCCc1cc(NCc2cccc(C(=O)O)c2)ncn1. The highest BCUT2D eigenvalue weighted by Crippen LogP contribution is 2.10.